The van der Waals surface area contributed by atoms with Gasteiger partial charge in [-0.05, 0) is 43.2 Å². The van der Waals surface area contributed by atoms with Crippen LogP contribution in [0.1, 0.15) is 35.3 Å². The number of nitrogens with one attached hydrogen (secondary N) is 1. The van der Waals surface area contributed by atoms with E-state index in [4.69, 9.17) is 4.74 Å². The molecular formula is C18H22N4O2. The number of benzene rings is 1. The van der Waals surface area contributed by atoms with Gasteiger partial charge < -0.3 is 15.0 Å². The van der Waals surface area contributed by atoms with Crippen LogP contribution in [0.5, 0.6) is 5.75 Å². The van der Waals surface area contributed by atoms with Crippen LogP contribution in [0, 0.1) is 0 Å². The van der Waals surface area contributed by atoms with E-state index in [-0.39, 0.29) is 5.91 Å². The largest absolute Gasteiger partial charge is 0.497 e. The van der Waals surface area contributed by atoms with Crippen LogP contribution in [-0.4, -0.2) is 42.8 Å². The summed E-state index contributed by atoms with van der Waals surface area (Å²) < 4.78 is 5.22. The van der Waals surface area contributed by atoms with Gasteiger partial charge in [0.2, 0.25) is 0 Å². The van der Waals surface area contributed by atoms with E-state index < -0.39 is 0 Å². The number of anilines is 1. The molecule has 2 unspecified atom stereocenters. The van der Waals surface area contributed by atoms with Crippen LogP contribution in [0.15, 0.2) is 36.4 Å². The zero-order chi connectivity index (χ0) is 17.1. The molecule has 1 aromatic carbocycles. The molecule has 2 aromatic rings. The quantitative estimate of drug-likeness (QED) is 0.933. The minimum Gasteiger partial charge on any atom is -0.497 e. The molecule has 1 aliphatic heterocycles. The van der Waals surface area contributed by atoms with Gasteiger partial charge in [-0.2, -0.15) is 0 Å². The summed E-state index contributed by atoms with van der Waals surface area (Å²) in [5.74, 6) is 1.91. The highest BCUT2D eigenvalue weighted by atomic mass is 16.5. The standard InChI is InChI=1S/C18H22N4O2/c1-12-10-14(13-4-6-15(24-3)7-5-13)11-22(12)17-9-8-16(20-21-17)18(23)19-2/h4-9,12,14H,10-11H2,1-3H3,(H,19,23). The lowest BCUT2D eigenvalue weighted by Gasteiger charge is -2.22. The van der Waals surface area contributed by atoms with Crippen molar-refractivity contribution in [3.05, 3.63) is 47.7 Å². The first-order valence-corrected chi connectivity index (χ1v) is 8.08. The van der Waals surface area contributed by atoms with Gasteiger partial charge in [0.05, 0.1) is 7.11 Å². The van der Waals surface area contributed by atoms with Crippen molar-refractivity contribution in [2.45, 2.75) is 25.3 Å². The fourth-order valence-electron chi connectivity index (χ4n) is 3.20. The van der Waals surface area contributed by atoms with Crippen molar-refractivity contribution in [3.63, 3.8) is 0 Å². The van der Waals surface area contributed by atoms with Gasteiger partial charge in [-0.3, -0.25) is 4.79 Å². The van der Waals surface area contributed by atoms with E-state index in [0.717, 1.165) is 24.5 Å². The number of carbonyl (C=O) groups is 1. The van der Waals surface area contributed by atoms with Crippen molar-refractivity contribution < 1.29 is 9.53 Å². The van der Waals surface area contributed by atoms with Crippen molar-refractivity contribution in [1.82, 2.24) is 15.5 Å². The Labute approximate surface area is 141 Å². The van der Waals surface area contributed by atoms with Crippen molar-refractivity contribution >= 4 is 11.7 Å². The van der Waals surface area contributed by atoms with Crippen LogP contribution in [0.3, 0.4) is 0 Å². The van der Waals surface area contributed by atoms with E-state index in [0.29, 0.717) is 17.7 Å². The summed E-state index contributed by atoms with van der Waals surface area (Å²) in [6.07, 6.45) is 1.06. The number of hydrogen-bond donors (Lipinski definition) is 1. The monoisotopic (exact) mass is 326 g/mol. The zero-order valence-electron chi connectivity index (χ0n) is 14.2. The van der Waals surface area contributed by atoms with Crippen molar-refractivity contribution in [2.75, 3.05) is 25.6 Å². The van der Waals surface area contributed by atoms with E-state index in [2.05, 4.69) is 39.5 Å². The van der Waals surface area contributed by atoms with E-state index in [1.54, 1.807) is 20.2 Å². The van der Waals surface area contributed by atoms with Gasteiger partial charge in [0.15, 0.2) is 11.5 Å². The minimum absolute atomic E-state index is 0.223. The third kappa shape index (κ3) is 3.18. The molecule has 6 nitrogen and oxygen atoms in total. The molecule has 2 atom stereocenters. The third-order valence-electron chi connectivity index (χ3n) is 4.57. The summed E-state index contributed by atoms with van der Waals surface area (Å²) in [5, 5.41) is 10.8. The van der Waals surface area contributed by atoms with Gasteiger partial charge >= 0.3 is 0 Å². The molecule has 1 N–H and O–H groups in total. The Morgan fingerprint density at radius 2 is 1.96 bits per heavy atom. The average Bonchev–Trinajstić information content (AvgIpc) is 3.03. The molecule has 0 saturated carbocycles. The molecule has 1 saturated heterocycles. The van der Waals surface area contributed by atoms with Crippen LogP contribution < -0.4 is 15.0 Å². The van der Waals surface area contributed by atoms with Crippen molar-refractivity contribution in [1.29, 1.82) is 0 Å². The smallest absolute Gasteiger partial charge is 0.271 e. The zero-order valence-corrected chi connectivity index (χ0v) is 14.2. The molecule has 0 aliphatic carbocycles. The number of rotatable bonds is 4. The summed E-state index contributed by atoms with van der Waals surface area (Å²) in [6.45, 7) is 3.08. The highest BCUT2D eigenvalue weighted by Gasteiger charge is 2.31. The maximum Gasteiger partial charge on any atom is 0.271 e. The van der Waals surface area contributed by atoms with Crippen molar-refractivity contribution in [3.8, 4) is 5.75 Å². The summed E-state index contributed by atoms with van der Waals surface area (Å²) in [4.78, 5) is 13.8. The number of nitrogens with zero attached hydrogens (tertiary/aromatic N) is 3. The molecule has 126 valence electrons. The van der Waals surface area contributed by atoms with Gasteiger partial charge in [0.25, 0.3) is 5.91 Å². The normalized spacial score (nSPS) is 20.0. The van der Waals surface area contributed by atoms with E-state index in [9.17, 15) is 4.79 Å². The lowest BCUT2D eigenvalue weighted by atomic mass is 9.97. The van der Waals surface area contributed by atoms with Crippen LogP contribution in [0.2, 0.25) is 0 Å². The average molecular weight is 326 g/mol. The molecule has 1 amide bonds. The first-order chi connectivity index (χ1) is 11.6. The summed E-state index contributed by atoms with van der Waals surface area (Å²) in [7, 11) is 3.26. The first-order valence-electron chi connectivity index (χ1n) is 8.08. The fraction of sp³-hybridized carbons (Fsp3) is 0.389. The predicted molar refractivity (Wildman–Crippen MR) is 92.6 cm³/mol. The summed E-state index contributed by atoms with van der Waals surface area (Å²) in [6, 6.07) is 12.2. The van der Waals surface area contributed by atoms with Gasteiger partial charge in [-0.1, -0.05) is 12.1 Å². The first kappa shape index (κ1) is 16.2. The van der Waals surface area contributed by atoms with Gasteiger partial charge in [0.1, 0.15) is 5.75 Å². The molecule has 2 heterocycles. The number of aromatic nitrogens is 2. The van der Waals surface area contributed by atoms with E-state index in [1.165, 1.54) is 5.56 Å². The molecule has 1 aliphatic rings. The van der Waals surface area contributed by atoms with E-state index >= 15 is 0 Å². The van der Waals surface area contributed by atoms with Gasteiger partial charge in [0, 0.05) is 25.6 Å². The SMILES string of the molecule is CNC(=O)c1ccc(N2CC(c3ccc(OC)cc3)CC2C)nn1. The maximum absolute atomic E-state index is 11.6. The second-order valence-corrected chi connectivity index (χ2v) is 6.06. The molecule has 0 spiro atoms. The van der Waals surface area contributed by atoms with Crippen LogP contribution in [0.25, 0.3) is 0 Å². The predicted octanol–water partition coefficient (Wildman–Crippen LogP) is 2.23. The Morgan fingerprint density at radius 3 is 2.54 bits per heavy atom. The Hall–Kier alpha value is -2.63. The second-order valence-electron chi connectivity index (χ2n) is 6.06. The Bertz CT molecular complexity index is 700. The maximum atomic E-state index is 11.6. The topological polar surface area (TPSA) is 67.4 Å². The summed E-state index contributed by atoms with van der Waals surface area (Å²) >= 11 is 0. The minimum atomic E-state index is -0.223. The highest BCUT2D eigenvalue weighted by molar-refractivity contribution is 5.91. The molecular weight excluding hydrogens is 304 g/mol. The van der Waals surface area contributed by atoms with Gasteiger partial charge in [-0.25, -0.2) is 0 Å². The lowest BCUT2D eigenvalue weighted by molar-refractivity contribution is 0.0957. The number of hydrogen-bond acceptors (Lipinski definition) is 5. The van der Waals surface area contributed by atoms with Crippen molar-refractivity contribution in [2.24, 2.45) is 0 Å². The van der Waals surface area contributed by atoms with Gasteiger partial charge in [-0.15, -0.1) is 10.2 Å². The molecule has 0 bridgehead atoms. The molecule has 6 heteroatoms. The Morgan fingerprint density at radius 1 is 1.21 bits per heavy atom. The molecule has 1 aromatic heterocycles. The van der Waals surface area contributed by atoms with Crippen LogP contribution >= 0.6 is 0 Å². The van der Waals surface area contributed by atoms with Crippen LogP contribution in [-0.2, 0) is 0 Å². The Balaban J connectivity index is 1.74. The fourth-order valence-corrected chi connectivity index (χ4v) is 3.20. The Kier molecular flexibility index (Phi) is 4.64. The molecule has 0 radical (unpaired) electrons. The third-order valence-corrected chi connectivity index (χ3v) is 4.57. The number of amides is 1. The number of methoxy groups -OCH3 is 1. The molecule has 3 rings (SSSR count). The summed E-state index contributed by atoms with van der Waals surface area (Å²) in [5.41, 5.74) is 1.64. The number of carbonyl (C=O) groups excluding carboxylic acids is 1. The highest BCUT2D eigenvalue weighted by Crippen LogP contribution is 2.34. The number of ether oxygens (including phenoxy) is 1. The lowest BCUT2D eigenvalue weighted by Crippen LogP contribution is -2.28. The molecule has 1 fully saturated rings. The molecule has 24 heavy (non-hydrogen) atoms. The second kappa shape index (κ2) is 6.86. The van der Waals surface area contributed by atoms with E-state index in [1.807, 2.05) is 18.2 Å². The van der Waals surface area contributed by atoms with Crippen LogP contribution in [0.4, 0.5) is 5.82 Å².